The molecule has 0 radical (unpaired) electrons. The minimum absolute atomic E-state index is 0.559. The maximum absolute atomic E-state index is 6.19. The van der Waals surface area contributed by atoms with Gasteiger partial charge in [-0.2, -0.15) is 0 Å². The monoisotopic (exact) mass is 279 g/mol. The van der Waals surface area contributed by atoms with E-state index in [0.29, 0.717) is 10.0 Å². The standard InChI is InChI=1S/C13H7Cl2NS/c14-9-5-3-4-8(12(9)15)13-16-10-6-1-2-7-11(10)17-13/h1-7H. The Kier molecular flexibility index (Phi) is 2.79. The Morgan fingerprint density at radius 3 is 2.59 bits per heavy atom. The third-order valence-electron chi connectivity index (χ3n) is 2.48. The lowest BCUT2D eigenvalue weighted by atomic mass is 10.2. The molecule has 0 aliphatic heterocycles. The maximum atomic E-state index is 6.19. The largest absolute Gasteiger partial charge is 0.236 e. The first-order chi connectivity index (χ1) is 8.25. The van der Waals surface area contributed by atoms with Gasteiger partial charge in [0, 0.05) is 5.56 Å². The van der Waals surface area contributed by atoms with Gasteiger partial charge < -0.3 is 0 Å². The molecule has 17 heavy (non-hydrogen) atoms. The topological polar surface area (TPSA) is 12.9 Å². The van der Waals surface area contributed by atoms with E-state index >= 15 is 0 Å². The zero-order valence-electron chi connectivity index (χ0n) is 8.65. The van der Waals surface area contributed by atoms with E-state index in [1.165, 1.54) is 0 Å². The quantitative estimate of drug-likeness (QED) is 0.591. The highest BCUT2D eigenvalue weighted by molar-refractivity contribution is 7.21. The predicted molar refractivity (Wildman–Crippen MR) is 75.1 cm³/mol. The summed E-state index contributed by atoms with van der Waals surface area (Å²) < 4.78 is 1.15. The zero-order chi connectivity index (χ0) is 11.8. The normalized spacial score (nSPS) is 10.9. The Bertz CT molecular complexity index is 658. The molecule has 3 rings (SSSR count). The summed E-state index contributed by atoms with van der Waals surface area (Å²) in [5.74, 6) is 0. The van der Waals surface area contributed by atoms with Gasteiger partial charge in [0.05, 0.1) is 20.3 Å². The molecular weight excluding hydrogens is 273 g/mol. The number of aromatic nitrogens is 1. The van der Waals surface area contributed by atoms with Gasteiger partial charge in [-0.1, -0.05) is 47.5 Å². The van der Waals surface area contributed by atoms with E-state index in [4.69, 9.17) is 23.2 Å². The van der Waals surface area contributed by atoms with Gasteiger partial charge in [-0.25, -0.2) is 4.98 Å². The van der Waals surface area contributed by atoms with Crippen molar-refractivity contribution in [3.63, 3.8) is 0 Å². The van der Waals surface area contributed by atoms with E-state index in [9.17, 15) is 0 Å². The number of halogens is 2. The summed E-state index contributed by atoms with van der Waals surface area (Å²) >= 11 is 13.8. The number of hydrogen-bond donors (Lipinski definition) is 0. The highest BCUT2D eigenvalue weighted by Gasteiger charge is 2.11. The number of para-hydroxylation sites is 1. The molecule has 0 amide bonds. The molecule has 1 heterocycles. The summed E-state index contributed by atoms with van der Waals surface area (Å²) in [5, 5.41) is 2.02. The summed E-state index contributed by atoms with van der Waals surface area (Å²) in [5.41, 5.74) is 1.88. The molecule has 3 aromatic rings. The second-order valence-electron chi connectivity index (χ2n) is 3.59. The molecule has 0 aliphatic rings. The second kappa shape index (κ2) is 4.30. The Labute approximate surface area is 113 Å². The van der Waals surface area contributed by atoms with Crippen LogP contribution in [-0.2, 0) is 0 Å². The lowest BCUT2D eigenvalue weighted by Crippen LogP contribution is -1.78. The predicted octanol–water partition coefficient (Wildman–Crippen LogP) is 5.27. The summed E-state index contributed by atoms with van der Waals surface area (Å²) in [6.45, 7) is 0. The van der Waals surface area contributed by atoms with Gasteiger partial charge in [-0.3, -0.25) is 0 Å². The molecule has 4 heteroatoms. The fourth-order valence-electron chi connectivity index (χ4n) is 1.66. The fourth-order valence-corrected chi connectivity index (χ4v) is 3.10. The zero-order valence-corrected chi connectivity index (χ0v) is 11.0. The Balaban J connectivity index is 2.24. The SMILES string of the molecule is Clc1cccc(-c2nc3ccccc3s2)c1Cl. The van der Waals surface area contributed by atoms with Crippen molar-refractivity contribution in [1.29, 1.82) is 0 Å². The van der Waals surface area contributed by atoms with Gasteiger partial charge >= 0.3 is 0 Å². The molecule has 0 fully saturated rings. The Morgan fingerprint density at radius 1 is 0.941 bits per heavy atom. The van der Waals surface area contributed by atoms with Gasteiger partial charge in [-0.05, 0) is 18.2 Å². The smallest absolute Gasteiger partial charge is 0.126 e. The van der Waals surface area contributed by atoms with Crippen LogP contribution in [0.3, 0.4) is 0 Å². The molecule has 1 nitrogen and oxygen atoms in total. The van der Waals surface area contributed by atoms with E-state index in [1.807, 2.05) is 30.3 Å². The van der Waals surface area contributed by atoms with Crippen LogP contribution in [0.4, 0.5) is 0 Å². The van der Waals surface area contributed by atoms with Crippen LogP contribution in [-0.4, -0.2) is 4.98 Å². The number of rotatable bonds is 1. The first-order valence-electron chi connectivity index (χ1n) is 5.05. The Morgan fingerprint density at radius 2 is 1.76 bits per heavy atom. The Hall–Kier alpha value is -1.09. The van der Waals surface area contributed by atoms with E-state index in [2.05, 4.69) is 11.1 Å². The van der Waals surface area contributed by atoms with Crippen LogP contribution in [0, 0.1) is 0 Å². The van der Waals surface area contributed by atoms with E-state index in [-0.39, 0.29) is 0 Å². The molecule has 0 unspecified atom stereocenters. The van der Waals surface area contributed by atoms with Crippen LogP contribution >= 0.6 is 34.5 Å². The van der Waals surface area contributed by atoms with Gasteiger partial charge in [0.25, 0.3) is 0 Å². The molecule has 0 saturated heterocycles. The lowest BCUT2D eigenvalue weighted by molar-refractivity contribution is 1.48. The van der Waals surface area contributed by atoms with Crippen LogP contribution in [0.15, 0.2) is 42.5 Å². The van der Waals surface area contributed by atoms with Crippen molar-refractivity contribution in [3.05, 3.63) is 52.5 Å². The van der Waals surface area contributed by atoms with Gasteiger partial charge in [-0.15, -0.1) is 11.3 Å². The van der Waals surface area contributed by atoms with Crippen LogP contribution < -0.4 is 0 Å². The van der Waals surface area contributed by atoms with Gasteiger partial charge in [0.2, 0.25) is 0 Å². The third-order valence-corrected chi connectivity index (χ3v) is 4.36. The third kappa shape index (κ3) is 1.93. The molecular formula is C13H7Cl2NS. The molecule has 0 saturated carbocycles. The molecule has 0 spiro atoms. The molecule has 2 aromatic carbocycles. The van der Waals surface area contributed by atoms with Crippen LogP contribution in [0.1, 0.15) is 0 Å². The van der Waals surface area contributed by atoms with Crippen LogP contribution in [0.5, 0.6) is 0 Å². The number of nitrogens with zero attached hydrogens (tertiary/aromatic N) is 1. The summed E-state index contributed by atoms with van der Waals surface area (Å²) in [6.07, 6.45) is 0. The molecule has 0 aliphatic carbocycles. The fraction of sp³-hybridized carbons (Fsp3) is 0. The summed E-state index contributed by atoms with van der Waals surface area (Å²) in [7, 11) is 0. The van der Waals surface area contributed by atoms with Crippen LogP contribution in [0.25, 0.3) is 20.8 Å². The number of thiazole rings is 1. The minimum atomic E-state index is 0.559. The van der Waals surface area contributed by atoms with Crippen molar-refractivity contribution in [3.8, 4) is 10.6 Å². The average Bonchev–Trinajstić information content (AvgIpc) is 2.76. The highest BCUT2D eigenvalue weighted by Crippen LogP contribution is 2.37. The summed E-state index contributed by atoms with van der Waals surface area (Å²) in [4.78, 5) is 4.56. The first-order valence-corrected chi connectivity index (χ1v) is 6.63. The molecule has 0 atom stereocenters. The number of hydrogen-bond acceptors (Lipinski definition) is 2. The molecule has 1 aromatic heterocycles. The van der Waals surface area contributed by atoms with E-state index in [0.717, 1.165) is 20.8 Å². The number of fused-ring (bicyclic) bond motifs is 1. The lowest BCUT2D eigenvalue weighted by Gasteiger charge is -2.00. The van der Waals surface area contributed by atoms with Crippen molar-refractivity contribution in [2.24, 2.45) is 0 Å². The van der Waals surface area contributed by atoms with Crippen molar-refractivity contribution >= 4 is 44.8 Å². The highest BCUT2D eigenvalue weighted by atomic mass is 35.5. The van der Waals surface area contributed by atoms with E-state index < -0.39 is 0 Å². The van der Waals surface area contributed by atoms with Crippen LogP contribution in [0.2, 0.25) is 10.0 Å². The van der Waals surface area contributed by atoms with Crippen molar-refractivity contribution < 1.29 is 0 Å². The van der Waals surface area contributed by atoms with Crippen molar-refractivity contribution in [2.45, 2.75) is 0 Å². The molecule has 84 valence electrons. The van der Waals surface area contributed by atoms with Crippen molar-refractivity contribution in [1.82, 2.24) is 4.98 Å². The second-order valence-corrected chi connectivity index (χ2v) is 5.40. The van der Waals surface area contributed by atoms with Gasteiger partial charge in [0.1, 0.15) is 5.01 Å². The van der Waals surface area contributed by atoms with Crippen molar-refractivity contribution in [2.75, 3.05) is 0 Å². The minimum Gasteiger partial charge on any atom is -0.236 e. The first kappa shape index (κ1) is 11.0. The maximum Gasteiger partial charge on any atom is 0.126 e. The average molecular weight is 280 g/mol. The summed E-state index contributed by atoms with van der Waals surface area (Å²) in [6, 6.07) is 13.6. The molecule has 0 bridgehead atoms. The van der Waals surface area contributed by atoms with E-state index in [1.54, 1.807) is 17.4 Å². The van der Waals surface area contributed by atoms with Gasteiger partial charge in [0.15, 0.2) is 0 Å². The molecule has 0 N–H and O–H groups in total. The number of benzene rings is 2.